The molecule has 1 saturated carbocycles. The molecule has 10 aromatic rings. The molecular formula is C51H34N2. The van der Waals surface area contributed by atoms with Crippen LogP contribution in [0.3, 0.4) is 0 Å². The molecule has 0 bridgehead atoms. The Labute approximate surface area is 307 Å². The molecule has 248 valence electrons. The fourth-order valence-corrected chi connectivity index (χ4v) is 9.58. The first-order chi connectivity index (χ1) is 26.2. The first-order valence-corrected chi connectivity index (χ1v) is 18.7. The zero-order chi connectivity index (χ0) is 34.7. The van der Waals surface area contributed by atoms with E-state index >= 15 is 0 Å². The van der Waals surface area contributed by atoms with Crippen LogP contribution in [0.25, 0.3) is 88.4 Å². The van der Waals surface area contributed by atoms with Gasteiger partial charge in [0.25, 0.3) is 0 Å². The topological polar surface area (TPSA) is 9.86 Å². The number of rotatable bonds is 4. The molecule has 0 radical (unpaired) electrons. The second kappa shape index (κ2) is 10.7. The van der Waals surface area contributed by atoms with E-state index in [1.54, 1.807) is 0 Å². The third kappa shape index (κ3) is 4.09. The standard InChI is InChI=1S/C51H34N2/c1-2-12-37(13-3-1)52-49-21-11-7-17-43(49)44-31-33(23-25-50(44)52)35-28-36(34-22-24-40-39-14-4-8-18-45(39)51(26-27-51)46(40)32-34)30-38(29-35)53-47-19-9-5-15-41(47)42-16-6-10-20-48(42)53/h1-25,28-32H,26-27H2. The maximum atomic E-state index is 2.51. The van der Waals surface area contributed by atoms with Gasteiger partial charge < -0.3 is 9.13 Å². The summed E-state index contributed by atoms with van der Waals surface area (Å²) in [5, 5.41) is 5.07. The molecule has 0 amide bonds. The van der Waals surface area contributed by atoms with Crippen LogP contribution >= 0.6 is 0 Å². The molecule has 2 aromatic heterocycles. The van der Waals surface area contributed by atoms with E-state index in [1.165, 1.54) is 112 Å². The lowest BCUT2D eigenvalue weighted by atomic mass is 9.90. The quantitative estimate of drug-likeness (QED) is 0.176. The van der Waals surface area contributed by atoms with E-state index in [0.717, 1.165) is 0 Å². The molecule has 2 heteroatoms. The Balaban J connectivity index is 1.11. The maximum Gasteiger partial charge on any atom is 0.0541 e. The summed E-state index contributed by atoms with van der Waals surface area (Å²) in [5.41, 5.74) is 18.2. The predicted molar refractivity (Wildman–Crippen MR) is 221 cm³/mol. The van der Waals surface area contributed by atoms with Crippen LogP contribution in [-0.4, -0.2) is 9.13 Å². The number of para-hydroxylation sites is 4. The number of nitrogens with zero attached hydrogens (tertiary/aromatic N) is 2. The van der Waals surface area contributed by atoms with Crippen molar-refractivity contribution in [2.75, 3.05) is 0 Å². The van der Waals surface area contributed by atoms with Gasteiger partial charge in [-0.3, -0.25) is 0 Å². The summed E-state index contributed by atoms with van der Waals surface area (Å²) in [4.78, 5) is 0. The van der Waals surface area contributed by atoms with Crippen LogP contribution in [0.1, 0.15) is 24.0 Å². The second-order valence-electron chi connectivity index (χ2n) is 14.9. The van der Waals surface area contributed by atoms with Gasteiger partial charge in [0, 0.05) is 38.3 Å². The Morgan fingerprint density at radius 2 is 0.830 bits per heavy atom. The Morgan fingerprint density at radius 1 is 0.321 bits per heavy atom. The molecule has 0 aliphatic heterocycles. The lowest BCUT2D eigenvalue weighted by Gasteiger charge is -2.16. The number of aromatic nitrogens is 2. The summed E-state index contributed by atoms with van der Waals surface area (Å²) in [6.45, 7) is 0. The van der Waals surface area contributed by atoms with Crippen molar-refractivity contribution in [2.45, 2.75) is 18.3 Å². The zero-order valence-electron chi connectivity index (χ0n) is 29.1. The predicted octanol–water partition coefficient (Wildman–Crippen LogP) is 13.3. The van der Waals surface area contributed by atoms with Crippen LogP contribution < -0.4 is 0 Å². The molecule has 0 N–H and O–H groups in total. The van der Waals surface area contributed by atoms with E-state index in [0.29, 0.717) is 0 Å². The van der Waals surface area contributed by atoms with Crippen molar-refractivity contribution >= 4 is 43.6 Å². The van der Waals surface area contributed by atoms with Gasteiger partial charge >= 0.3 is 0 Å². The van der Waals surface area contributed by atoms with Gasteiger partial charge in [-0.1, -0.05) is 115 Å². The minimum atomic E-state index is 0.174. The number of benzene rings is 8. The van der Waals surface area contributed by atoms with Gasteiger partial charge in [0.1, 0.15) is 0 Å². The summed E-state index contributed by atoms with van der Waals surface area (Å²) in [5.74, 6) is 0. The van der Waals surface area contributed by atoms with Gasteiger partial charge in [-0.05, 0) is 124 Å². The van der Waals surface area contributed by atoms with E-state index in [2.05, 4.69) is 191 Å². The van der Waals surface area contributed by atoms with Crippen molar-refractivity contribution < 1.29 is 0 Å². The van der Waals surface area contributed by atoms with E-state index in [4.69, 9.17) is 0 Å². The first kappa shape index (κ1) is 29.0. The molecule has 53 heavy (non-hydrogen) atoms. The maximum absolute atomic E-state index is 2.51. The Bertz CT molecular complexity index is 3060. The Morgan fingerprint density at radius 3 is 1.51 bits per heavy atom. The third-order valence-electron chi connectivity index (χ3n) is 12.1. The normalized spacial score (nSPS) is 14.0. The smallest absolute Gasteiger partial charge is 0.0541 e. The SMILES string of the molecule is c1ccc(-n2c3ccccc3c3cc(-c4cc(-c5ccc6c(c5)C5(CC5)c5ccccc5-6)cc(-n5c6ccccc6c6ccccc65)c4)ccc32)cc1. The second-order valence-corrected chi connectivity index (χ2v) is 14.9. The van der Waals surface area contributed by atoms with Crippen molar-refractivity contribution in [2.24, 2.45) is 0 Å². The molecule has 0 unspecified atom stereocenters. The van der Waals surface area contributed by atoms with Gasteiger partial charge in [0.15, 0.2) is 0 Å². The summed E-state index contributed by atoms with van der Waals surface area (Å²) in [7, 11) is 0. The summed E-state index contributed by atoms with van der Waals surface area (Å²) >= 11 is 0. The summed E-state index contributed by atoms with van der Waals surface area (Å²) < 4.78 is 4.85. The van der Waals surface area contributed by atoms with Crippen molar-refractivity contribution in [1.29, 1.82) is 0 Å². The zero-order valence-corrected chi connectivity index (χ0v) is 29.1. The average molecular weight is 675 g/mol. The number of hydrogen-bond acceptors (Lipinski definition) is 0. The van der Waals surface area contributed by atoms with E-state index < -0.39 is 0 Å². The van der Waals surface area contributed by atoms with Crippen molar-refractivity contribution in [3.8, 4) is 44.8 Å². The van der Waals surface area contributed by atoms with E-state index in [-0.39, 0.29) is 5.41 Å². The van der Waals surface area contributed by atoms with E-state index in [1.807, 2.05) is 0 Å². The van der Waals surface area contributed by atoms with Crippen molar-refractivity contribution in [1.82, 2.24) is 9.13 Å². The average Bonchev–Trinajstić information content (AvgIpc) is 3.78. The molecule has 0 saturated heterocycles. The largest absolute Gasteiger partial charge is 0.309 e. The van der Waals surface area contributed by atoms with Gasteiger partial charge in [0.2, 0.25) is 0 Å². The van der Waals surface area contributed by atoms with Gasteiger partial charge in [-0.2, -0.15) is 0 Å². The first-order valence-electron chi connectivity index (χ1n) is 18.7. The van der Waals surface area contributed by atoms with Crippen LogP contribution in [0.2, 0.25) is 0 Å². The van der Waals surface area contributed by atoms with Crippen molar-refractivity contribution in [3.63, 3.8) is 0 Å². The van der Waals surface area contributed by atoms with Crippen LogP contribution in [0.4, 0.5) is 0 Å². The minimum Gasteiger partial charge on any atom is -0.309 e. The summed E-state index contributed by atoms with van der Waals surface area (Å²) in [6, 6.07) is 67.7. The highest BCUT2D eigenvalue weighted by Crippen LogP contribution is 2.63. The fourth-order valence-electron chi connectivity index (χ4n) is 9.58. The third-order valence-corrected chi connectivity index (χ3v) is 12.1. The Kier molecular flexibility index (Phi) is 5.85. The monoisotopic (exact) mass is 674 g/mol. The molecule has 2 nitrogen and oxygen atoms in total. The van der Waals surface area contributed by atoms with Crippen molar-refractivity contribution in [3.05, 3.63) is 193 Å². The minimum absolute atomic E-state index is 0.174. The van der Waals surface area contributed by atoms with E-state index in [9.17, 15) is 0 Å². The van der Waals surface area contributed by atoms with Gasteiger partial charge in [-0.15, -0.1) is 0 Å². The molecule has 2 aliphatic carbocycles. The molecule has 2 heterocycles. The molecule has 8 aromatic carbocycles. The van der Waals surface area contributed by atoms with Gasteiger partial charge in [0.05, 0.1) is 22.1 Å². The summed E-state index contributed by atoms with van der Waals surface area (Å²) in [6.07, 6.45) is 2.45. The highest BCUT2D eigenvalue weighted by molar-refractivity contribution is 6.11. The Hall–Kier alpha value is -6.64. The molecule has 0 atom stereocenters. The molecule has 2 aliphatic rings. The van der Waals surface area contributed by atoms with Crippen LogP contribution in [0, 0.1) is 0 Å². The highest BCUT2D eigenvalue weighted by atomic mass is 15.0. The fraction of sp³-hybridized carbons (Fsp3) is 0.0588. The lowest BCUT2D eigenvalue weighted by molar-refractivity contribution is 0.880. The number of fused-ring (bicyclic) bond motifs is 11. The van der Waals surface area contributed by atoms with Crippen LogP contribution in [0.5, 0.6) is 0 Å². The van der Waals surface area contributed by atoms with Crippen LogP contribution in [0.15, 0.2) is 182 Å². The molecule has 1 fully saturated rings. The molecule has 1 spiro atoms. The molecule has 12 rings (SSSR count). The van der Waals surface area contributed by atoms with Gasteiger partial charge in [-0.25, -0.2) is 0 Å². The number of hydrogen-bond donors (Lipinski definition) is 0. The lowest BCUT2D eigenvalue weighted by Crippen LogP contribution is -2.03. The highest BCUT2D eigenvalue weighted by Gasteiger charge is 2.52. The van der Waals surface area contributed by atoms with Crippen LogP contribution in [-0.2, 0) is 5.41 Å². The molecular weight excluding hydrogens is 641 g/mol.